The Kier molecular flexibility index (Phi) is 6.38. The van der Waals surface area contributed by atoms with Crippen LogP contribution in [0.15, 0.2) is 47.4 Å². The maximum absolute atomic E-state index is 12.8. The van der Waals surface area contributed by atoms with Crippen LogP contribution >= 0.6 is 23.1 Å². The Balaban J connectivity index is 1.36. The molecular weight excluding hydrogens is 463 g/mol. The van der Waals surface area contributed by atoms with E-state index in [1.54, 1.807) is 16.2 Å². The van der Waals surface area contributed by atoms with E-state index in [1.807, 2.05) is 24.3 Å². The number of benzene rings is 2. The van der Waals surface area contributed by atoms with Crippen molar-refractivity contribution in [2.45, 2.75) is 29.8 Å². The number of nitrogens with zero attached hydrogens (tertiary/aromatic N) is 3. The lowest BCUT2D eigenvalue weighted by molar-refractivity contribution is -0.388. The van der Waals surface area contributed by atoms with E-state index in [1.165, 1.54) is 0 Å². The zero-order valence-corrected chi connectivity index (χ0v) is 18.3. The minimum atomic E-state index is -4.67. The van der Waals surface area contributed by atoms with Gasteiger partial charge in [-0.2, -0.15) is 13.2 Å². The number of hydrogen-bond acceptors (Lipinski definition) is 6. The molecule has 1 aliphatic heterocycles. The fourth-order valence-electron chi connectivity index (χ4n) is 3.63. The number of rotatable bonds is 5. The van der Waals surface area contributed by atoms with Crippen LogP contribution in [-0.4, -0.2) is 39.6 Å². The molecule has 11 heteroatoms. The summed E-state index contributed by atoms with van der Waals surface area (Å²) in [7, 11) is 0. The number of carbonyl (C=O) groups excluding carboxylic acids is 1. The number of thiazole rings is 1. The summed E-state index contributed by atoms with van der Waals surface area (Å²) in [5.41, 5.74) is -0.760. The molecule has 32 heavy (non-hydrogen) atoms. The summed E-state index contributed by atoms with van der Waals surface area (Å²) >= 11 is 2.55. The summed E-state index contributed by atoms with van der Waals surface area (Å²) in [5, 5.41) is 12.3. The van der Waals surface area contributed by atoms with Gasteiger partial charge in [-0.3, -0.25) is 14.9 Å². The van der Waals surface area contributed by atoms with Crippen molar-refractivity contribution in [3.8, 4) is 0 Å². The molecule has 4 rings (SSSR count). The van der Waals surface area contributed by atoms with E-state index in [-0.39, 0.29) is 22.5 Å². The third-order valence-corrected chi connectivity index (χ3v) is 7.59. The number of halogens is 3. The minimum absolute atomic E-state index is 0.0423. The van der Waals surface area contributed by atoms with E-state index in [0.29, 0.717) is 19.2 Å². The highest BCUT2D eigenvalue weighted by Crippen LogP contribution is 2.37. The Morgan fingerprint density at radius 1 is 1.22 bits per heavy atom. The van der Waals surface area contributed by atoms with Crippen molar-refractivity contribution in [2.24, 2.45) is 0 Å². The molecule has 1 amide bonds. The average molecular weight is 482 g/mol. The summed E-state index contributed by atoms with van der Waals surface area (Å²) in [4.78, 5) is 29.4. The van der Waals surface area contributed by atoms with Crippen LogP contribution in [-0.2, 0) is 11.0 Å². The van der Waals surface area contributed by atoms with Crippen molar-refractivity contribution in [3.05, 3.63) is 63.1 Å². The number of alkyl halides is 3. The molecule has 0 N–H and O–H groups in total. The Bertz CT molecular complexity index is 1120. The molecule has 0 spiro atoms. The molecule has 1 aliphatic rings. The third kappa shape index (κ3) is 4.88. The summed E-state index contributed by atoms with van der Waals surface area (Å²) in [6, 6.07) is 10.3. The van der Waals surface area contributed by atoms with Crippen molar-refractivity contribution in [3.63, 3.8) is 0 Å². The number of amides is 1. The Hall–Kier alpha value is -2.66. The molecule has 2 aromatic carbocycles. The van der Waals surface area contributed by atoms with Crippen molar-refractivity contribution in [1.29, 1.82) is 0 Å². The molecule has 6 nitrogen and oxygen atoms in total. The zero-order valence-electron chi connectivity index (χ0n) is 16.7. The molecule has 1 saturated heterocycles. The number of nitro groups is 1. The summed E-state index contributed by atoms with van der Waals surface area (Å²) in [6.45, 7) is 1.10. The lowest BCUT2D eigenvalue weighted by atomic mass is 9.97. The lowest BCUT2D eigenvalue weighted by Gasteiger charge is -2.31. The van der Waals surface area contributed by atoms with E-state index >= 15 is 0 Å². The maximum Gasteiger partial charge on any atom is 0.416 e. The molecular formula is C21H18F3N3O3S2. The molecule has 0 bridgehead atoms. The van der Waals surface area contributed by atoms with Gasteiger partial charge < -0.3 is 4.90 Å². The quantitative estimate of drug-likeness (QED) is 0.265. The number of likely N-dealkylation sites (tertiary alicyclic amines) is 1. The second-order valence-corrected chi connectivity index (χ2v) is 9.48. The first-order valence-corrected chi connectivity index (χ1v) is 11.6. The van der Waals surface area contributed by atoms with Crippen LogP contribution in [0, 0.1) is 10.1 Å². The number of para-hydroxylation sites is 1. The number of nitro benzene ring substituents is 1. The van der Waals surface area contributed by atoms with Gasteiger partial charge in [-0.1, -0.05) is 12.1 Å². The highest BCUT2D eigenvalue weighted by molar-refractivity contribution is 8.00. The Morgan fingerprint density at radius 3 is 2.59 bits per heavy atom. The van der Waals surface area contributed by atoms with Gasteiger partial charge in [0.05, 0.1) is 36.4 Å². The standard InChI is InChI=1S/C21H18F3N3O3S2/c22-21(23,24)14-5-6-18(16(11-14)27(29)30)31-12-19(28)26-9-7-13(8-10-26)20-25-15-3-1-2-4-17(15)32-20/h1-6,11,13H,7-10,12H2. The van der Waals surface area contributed by atoms with Gasteiger partial charge in [-0.05, 0) is 37.1 Å². The van der Waals surface area contributed by atoms with Crippen LogP contribution in [0.2, 0.25) is 0 Å². The van der Waals surface area contributed by atoms with Gasteiger partial charge in [0, 0.05) is 25.1 Å². The highest BCUT2D eigenvalue weighted by Gasteiger charge is 2.33. The molecule has 2 heterocycles. The monoisotopic (exact) mass is 481 g/mol. The van der Waals surface area contributed by atoms with Crippen molar-refractivity contribution in [1.82, 2.24) is 9.88 Å². The van der Waals surface area contributed by atoms with Gasteiger partial charge >= 0.3 is 6.18 Å². The van der Waals surface area contributed by atoms with Gasteiger partial charge in [-0.15, -0.1) is 23.1 Å². The van der Waals surface area contributed by atoms with Gasteiger partial charge in [0.2, 0.25) is 5.91 Å². The minimum Gasteiger partial charge on any atom is -0.342 e. The number of carbonyl (C=O) groups is 1. The van der Waals surface area contributed by atoms with Gasteiger partial charge in [-0.25, -0.2) is 4.98 Å². The van der Waals surface area contributed by atoms with Crippen LogP contribution in [0.4, 0.5) is 18.9 Å². The van der Waals surface area contributed by atoms with Crippen molar-refractivity contribution < 1.29 is 22.9 Å². The van der Waals surface area contributed by atoms with E-state index in [2.05, 4.69) is 0 Å². The number of fused-ring (bicyclic) bond motifs is 1. The number of piperidine rings is 1. The molecule has 168 valence electrons. The first-order chi connectivity index (χ1) is 15.2. The molecule has 0 aliphatic carbocycles. The Morgan fingerprint density at radius 2 is 1.94 bits per heavy atom. The summed E-state index contributed by atoms with van der Waals surface area (Å²) in [6.07, 6.45) is -3.12. The molecule has 0 unspecified atom stereocenters. The number of thioether (sulfide) groups is 1. The third-order valence-electron chi connectivity index (χ3n) is 5.34. The molecule has 1 aromatic heterocycles. The van der Waals surface area contributed by atoms with E-state index in [4.69, 9.17) is 4.98 Å². The van der Waals surface area contributed by atoms with E-state index in [9.17, 15) is 28.1 Å². The lowest BCUT2D eigenvalue weighted by Crippen LogP contribution is -2.38. The first kappa shape index (κ1) is 22.5. The predicted octanol–water partition coefficient (Wildman–Crippen LogP) is 5.72. The summed E-state index contributed by atoms with van der Waals surface area (Å²) in [5.74, 6) is 0.0184. The van der Waals surface area contributed by atoms with Gasteiger partial charge in [0.1, 0.15) is 0 Å². The van der Waals surface area contributed by atoms with Crippen molar-refractivity contribution >= 4 is 44.9 Å². The normalized spacial score (nSPS) is 15.3. The summed E-state index contributed by atoms with van der Waals surface area (Å²) < 4.78 is 39.7. The van der Waals surface area contributed by atoms with Gasteiger partial charge in [0.15, 0.2) is 0 Å². The largest absolute Gasteiger partial charge is 0.416 e. The molecule has 0 saturated carbocycles. The number of hydrogen-bond donors (Lipinski definition) is 0. The fraction of sp³-hybridized carbons (Fsp3) is 0.333. The second-order valence-electron chi connectivity index (χ2n) is 7.40. The van der Waals surface area contributed by atoms with Crippen LogP contribution < -0.4 is 0 Å². The van der Waals surface area contributed by atoms with Crippen LogP contribution in [0.3, 0.4) is 0 Å². The molecule has 3 aromatic rings. The zero-order chi connectivity index (χ0) is 22.9. The highest BCUT2D eigenvalue weighted by atomic mass is 32.2. The predicted molar refractivity (Wildman–Crippen MR) is 117 cm³/mol. The van der Waals surface area contributed by atoms with Crippen molar-refractivity contribution in [2.75, 3.05) is 18.8 Å². The first-order valence-electron chi connectivity index (χ1n) is 9.84. The molecule has 0 radical (unpaired) electrons. The Labute approximate surface area is 189 Å². The van der Waals surface area contributed by atoms with Crippen LogP contribution in [0.5, 0.6) is 0 Å². The fourth-order valence-corrected chi connectivity index (χ4v) is 5.67. The maximum atomic E-state index is 12.8. The van der Waals surface area contributed by atoms with Gasteiger partial charge in [0.25, 0.3) is 5.69 Å². The molecule has 1 fully saturated rings. The topological polar surface area (TPSA) is 76.3 Å². The van der Waals surface area contributed by atoms with E-state index < -0.39 is 22.4 Å². The SMILES string of the molecule is O=C(CSc1ccc(C(F)(F)F)cc1[N+](=O)[O-])N1CCC(c2nc3ccccc3s2)CC1. The smallest absolute Gasteiger partial charge is 0.342 e. The van der Waals surface area contributed by atoms with E-state index in [0.717, 1.165) is 52.0 Å². The average Bonchev–Trinajstić information content (AvgIpc) is 3.21. The molecule has 0 atom stereocenters. The van der Waals surface area contributed by atoms with Crippen LogP contribution in [0.25, 0.3) is 10.2 Å². The number of aromatic nitrogens is 1. The van der Waals surface area contributed by atoms with Crippen LogP contribution in [0.1, 0.15) is 29.3 Å². The second kappa shape index (κ2) is 9.07.